The molecule has 0 amide bonds. The summed E-state index contributed by atoms with van der Waals surface area (Å²) in [7, 11) is 0. The molecule has 0 spiro atoms. The van der Waals surface area contributed by atoms with Gasteiger partial charge in [-0.1, -0.05) is 24.3 Å². The summed E-state index contributed by atoms with van der Waals surface area (Å²) in [5.41, 5.74) is 3.23. The Labute approximate surface area is 93.1 Å². The fourth-order valence-corrected chi connectivity index (χ4v) is 3.07. The summed E-state index contributed by atoms with van der Waals surface area (Å²) in [5.74, 6) is 0. The lowest BCUT2D eigenvalue weighted by Crippen LogP contribution is -2.40. The average molecular weight is 203 g/mol. The van der Waals surface area contributed by atoms with Crippen LogP contribution >= 0.6 is 0 Å². The zero-order valence-corrected chi connectivity index (χ0v) is 10.4. The smallest absolute Gasteiger partial charge is 0.0334 e. The summed E-state index contributed by atoms with van der Waals surface area (Å²) >= 11 is 0. The second kappa shape index (κ2) is 3.34. The Hall–Kier alpha value is -0.820. The zero-order valence-electron chi connectivity index (χ0n) is 10.4. The first kappa shape index (κ1) is 10.7. The van der Waals surface area contributed by atoms with Gasteiger partial charge in [0.1, 0.15) is 0 Å². The number of hydrogen-bond acceptors (Lipinski definition) is 1. The minimum Gasteiger partial charge on any atom is -0.285 e. The standard InChI is InChI=1S/C14H21N/c1-10-12-8-6-7-9-13(12)11(2)15(10)14(3,4)5/h6-11H,1-5H3. The first-order chi connectivity index (χ1) is 6.93. The second-order valence-electron chi connectivity index (χ2n) is 5.56. The highest BCUT2D eigenvalue weighted by Gasteiger charge is 2.38. The van der Waals surface area contributed by atoms with Gasteiger partial charge in [-0.15, -0.1) is 0 Å². The zero-order chi connectivity index (χ0) is 11.2. The van der Waals surface area contributed by atoms with Gasteiger partial charge in [0.15, 0.2) is 0 Å². The van der Waals surface area contributed by atoms with Crippen LogP contribution in [0.25, 0.3) is 0 Å². The predicted molar refractivity (Wildman–Crippen MR) is 64.9 cm³/mol. The molecule has 1 heterocycles. The molecule has 0 bridgehead atoms. The van der Waals surface area contributed by atoms with Crippen LogP contribution in [-0.2, 0) is 0 Å². The Balaban J connectivity index is 2.45. The van der Waals surface area contributed by atoms with Crippen molar-refractivity contribution in [1.29, 1.82) is 0 Å². The van der Waals surface area contributed by atoms with E-state index in [9.17, 15) is 0 Å². The molecule has 15 heavy (non-hydrogen) atoms. The molecule has 0 aliphatic carbocycles. The normalized spacial score (nSPS) is 26.7. The van der Waals surface area contributed by atoms with Gasteiger partial charge in [0, 0.05) is 17.6 Å². The van der Waals surface area contributed by atoms with Crippen molar-refractivity contribution in [2.75, 3.05) is 0 Å². The summed E-state index contributed by atoms with van der Waals surface area (Å²) in [4.78, 5) is 2.59. The lowest BCUT2D eigenvalue weighted by Gasteiger charge is -2.39. The first-order valence-corrected chi connectivity index (χ1v) is 5.80. The van der Waals surface area contributed by atoms with Crippen molar-refractivity contribution in [3.8, 4) is 0 Å². The van der Waals surface area contributed by atoms with Gasteiger partial charge in [0.2, 0.25) is 0 Å². The summed E-state index contributed by atoms with van der Waals surface area (Å²) in [6, 6.07) is 9.90. The topological polar surface area (TPSA) is 3.24 Å². The fourth-order valence-electron chi connectivity index (χ4n) is 3.07. The molecule has 0 radical (unpaired) electrons. The molecule has 0 fully saturated rings. The predicted octanol–water partition coefficient (Wildman–Crippen LogP) is 3.92. The van der Waals surface area contributed by atoms with Crippen LogP contribution in [0.1, 0.15) is 57.8 Å². The summed E-state index contributed by atoms with van der Waals surface area (Å²) < 4.78 is 0. The number of fused-ring (bicyclic) bond motifs is 1. The molecule has 1 aliphatic heterocycles. The summed E-state index contributed by atoms with van der Waals surface area (Å²) in [5, 5.41) is 0. The van der Waals surface area contributed by atoms with E-state index in [-0.39, 0.29) is 5.54 Å². The van der Waals surface area contributed by atoms with Gasteiger partial charge in [-0.2, -0.15) is 0 Å². The van der Waals surface area contributed by atoms with Crippen LogP contribution in [0.5, 0.6) is 0 Å². The monoisotopic (exact) mass is 203 g/mol. The number of benzene rings is 1. The lowest BCUT2D eigenvalue weighted by molar-refractivity contribution is 0.0673. The number of hydrogen-bond donors (Lipinski definition) is 0. The molecule has 0 saturated carbocycles. The average Bonchev–Trinajstić information content (AvgIpc) is 2.39. The van der Waals surface area contributed by atoms with Crippen LogP contribution in [0.4, 0.5) is 0 Å². The van der Waals surface area contributed by atoms with E-state index in [1.54, 1.807) is 0 Å². The Morgan fingerprint density at radius 2 is 1.33 bits per heavy atom. The van der Waals surface area contributed by atoms with Crippen LogP contribution in [0, 0.1) is 0 Å². The molecular formula is C14H21N. The molecule has 1 aromatic rings. The molecule has 1 aliphatic rings. The minimum atomic E-state index is 0.234. The maximum atomic E-state index is 2.59. The lowest BCUT2D eigenvalue weighted by atomic mass is 10.0. The molecule has 2 unspecified atom stereocenters. The van der Waals surface area contributed by atoms with E-state index < -0.39 is 0 Å². The van der Waals surface area contributed by atoms with Crippen molar-refractivity contribution in [2.45, 2.75) is 52.2 Å². The molecule has 0 saturated heterocycles. The van der Waals surface area contributed by atoms with Crippen LogP contribution in [-0.4, -0.2) is 10.4 Å². The molecular weight excluding hydrogens is 182 g/mol. The maximum absolute atomic E-state index is 2.59. The van der Waals surface area contributed by atoms with E-state index in [1.165, 1.54) is 11.1 Å². The Morgan fingerprint density at radius 1 is 0.933 bits per heavy atom. The Bertz CT molecular complexity index is 333. The molecule has 0 N–H and O–H groups in total. The molecule has 2 atom stereocenters. The van der Waals surface area contributed by atoms with Crippen molar-refractivity contribution >= 4 is 0 Å². The van der Waals surface area contributed by atoms with E-state index in [2.05, 4.69) is 63.8 Å². The van der Waals surface area contributed by atoms with Crippen molar-refractivity contribution < 1.29 is 0 Å². The summed E-state index contributed by atoms with van der Waals surface area (Å²) in [6.07, 6.45) is 0. The summed E-state index contributed by atoms with van der Waals surface area (Å²) in [6.45, 7) is 11.5. The van der Waals surface area contributed by atoms with Crippen molar-refractivity contribution in [3.63, 3.8) is 0 Å². The van der Waals surface area contributed by atoms with Gasteiger partial charge >= 0.3 is 0 Å². The number of nitrogens with zero attached hydrogens (tertiary/aromatic N) is 1. The molecule has 82 valence electrons. The third-order valence-electron chi connectivity index (χ3n) is 3.51. The molecule has 1 nitrogen and oxygen atoms in total. The molecule has 2 rings (SSSR count). The van der Waals surface area contributed by atoms with E-state index in [0.29, 0.717) is 12.1 Å². The Morgan fingerprint density at radius 3 is 1.67 bits per heavy atom. The largest absolute Gasteiger partial charge is 0.285 e. The van der Waals surface area contributed by atoms with Crippen LogP contribution in [0.3, 0.4) is 0 Å². The molecule has 0 aromatic heterocycles. The van der Waals surface area contributed by atoms with Gasteiger partial charge in [-0.05, 0) is 45.7 Å². The van der Waals surface area contributed by atoms with E-state index in [0.717, 1.165) is 0 Å². The van der Waals surface area contributed by atoms with Gasteiger partial charge in [0.25, 0.3) is 0 Å². The van der Waals surface area contributed by atoms with Crippen LogP contribution in [0.15, 0.2) is 24.3 Å². The van der Waals surface area contributed by atoms with Crippen molar-refractivity contribution in [2.24, 2.45) is 0 Å². The highest BCUT2D eigenvalue weighted by molar-refractivity contribution is 5.37. The molecule has 1 heteroatoms. The van der Waals surface area contributed by atoms with Gasteiger partial charge < -0.3 is 0 Å². The van der Waals surface area contributed by atoms with Crippen LogP contribution in [0.2, 0.25) is 0 Å². The Kier molecular flexibility index (Phi) is 2.38. The van der Waals surface area contributed by atoms with E-state index in [4.69, 9.17) is 0 Å². The third kappa shape index (κ3) is 1.59. The quantitative estimate of drug-likeness (QED) is 0.617. The second-order valence-corrected chi connectivity index (χ2v) is 5.56. The van der Waals surface area contributed by atoms with E-state index in [1.807, 2.05) is 0 Å². The highest BCUT2D eigenvalue weighted by Crippen LogP contribution is 2.45. The fraction of sp³-hybridized carbons (Fsp3) is 0.571. The van der Waals surface area contributed by atoms with Gasteiger partial charge in [-0.3, -0.25) is 4.90 Å². The van der Waals surface area contributed by atoms with Crippen molar-refractivity contribution in [3.05, 3.63) is 35.4 Å². The highest BCUT2D eigenvalue weighted by atomic mass is 15.3. The maximum Gasteiger partial charge on any atom is 0.0334 e. The van der Waals surface area contributed by atoms with E-state index >= 15 is 0 Å². The third-order valence-corrected chi connectivity index (χ3v) is 3.51. The first-order valence-electron chi connectivity index (χ1n) is 5.80. The van der Waals surface area contributed by atoms with Crippen molar-refractivity contribution in [1.82, 2.24) is 4.90 Å². The number of rotatable bonds is 0. The SMILES string of the molecule is CC1c2ccccc2C(C)N1C(C)(C)C. The van der Waals surface area contributed by atoms with Crippen LogP contribution < -0.4 is 0 Å². The van der Waals surface area contributed by atoms with Gasteiger partial charge in [-0.25, -0.2) is 0 Å². The van der Waals surface area contributed by atoms with Gasteiger partial charge in [0.05, 0.1) is 0 Å². The molecule has 1 aromatic carbocycles. The minimum absolute atomic E-state index is 0.234.